The quantitative estimate of drug-likeness (QED) is 0.892. The summed E-state index contributed by atoms with van der Waals surface area (Å²) in [5, 5.41) is 19.0. The maximum Gasteiger partial charge on any atom is 0.271 e. The number of nitrogens with zero attached hydrogens (tertiary/aromatic N) is 3. The zero-order chi connectivity index (χ0) is 17.1. The fourth-order valence-electron chi connectivity index (χ4n) is 3.01. The fraction of sp³-hybridized carbons (Fsp3) is 0.389. The molecule has 6 heteroatoms. The molecule has 2 heterocycles. The Labute approximate surface area is 140 Å². The monoisotopic (exact) mass is 324 g/mol. The van der Waals surface area contributed by atoms with Crippen LogP contribution in [0.4, 0.5) is 5.82 Å². The molecule has 1 aromatic heterocycles. The molecule has 0 spiro atoms. The van der Waals surface area contributed by atoms with E-state index in [0.29, 0.717) is 44.0 Å². The molecule has 0 aliphatic carbocycles. The molecular weight excluding hydrogens is 304 g/mol. The van der Waals surface area contributed by atoms with Crippen molar-refractivity contribution in [3.05, 3.63) is 57.1 Å². The van der Waals surface area contributed by atoms with Crippen LogP contribution in [-0.4, -0.2) is 34.3 Å². The number of aromatic amines is 1. The number of H-pyrrole nitrogens is 1. The van der Waals surface area contributed by atoms with Crippen LogP contribution in [0.3, 0.4) is 0 Å². The number of aliphatic hydroxyl groups is 1. The van der Waals surface area contributed by atoms with E-state index in [2.05, 4.69) is 16.0 Å². The van der Waals surface area contributed by atoms with E-state index in [4.69, 9.17) is 0 Å². The van der Waals surface area contributed by atoms with Gasteiger partial charge in [-0.1, -0.05) is 29.8 Å². The molecular formula is C18H20N4O2. The van der Waals surface area contributed by atoms with E-state index in [1.807, 2.05) is 36.1 Å². The summed E-state index contributed by atoms with van der Waals surface area (Å²) in [4.78, 5) is 21.4. The summed E-state index contributed by atoms with van der Waals surface area (Å²) in [5.41, 5.74) is 1.84. The molecule has 0 radical (unpaired) electrons. The van der Waals surface area contributed by atoms with Crippen molar-refractivity contribution in [2.45, 2.75) is 32.3 Å². The minimum Gasteiger partial charge on any atom is -0.393 e. The van der Waals surface area contributed by atoms with Crippen LogP contribution in [0.1, 0.15) is 35.4 Å². The first-order valence-corrected chi connectivity index (χ1v) is 8.08. The van der Waals surface area contributed by atoms with Crippen LogP contribution < -0.4 is 10.5 Å². The lowest BCUT2D eigenvalue weighted by Gasteiger charge is -2.31. The van der Waals surface area contributed by atoms with E-state index in [9.17, 15) is 15.2 Å². The van der Waals surface area contributed by atoms with Crippen molar-refractivity contribution in [2.75, 3.05) is 18.0 Å². The van der Waals surface area contributed by atoms with Crippen LogP contribution in [-0.2, 0) is 6.42 Å². The molecule has 0 saturated carbocycles. The molecule has 124 valence electrons. The molecule has 0 bridgehead atoms. The van der Waals surface area contributed by atoms with Crippen LogP contribution in [0.25, 0.3) is 0 Å². The number of hydrogen-bond donors (Lipinski definition) is 2. The molecule has 2 aromatic rings. The van der Waals surface area contributed by atoms with E-state index in [-0.39, 0.29) is 11.7 Å². The number of hydrogen-bond acceptors (Lipinski definition) is 5. The topological polar surface area (TPSA) is 93.0 Å². The highest BCUT2D eigenvalue weighted by Crippen LogP contribution is 2.20. The molecule has 24 heavy (non-hydrogen) atoms. The number of nitrogens with one attached hydrogen (secondary N) is 1. The van der Waals surface area contributed by atoms with Gasteiger partial charge in [0.15, 0.2) is 11.4 Å². The average molecular weight is 324 g/mol. The molecule has 1 saturated heterocycles. The minimum absolute atomic E-state index is 0.0411. The van der Waals surface area contributed by atoms with Gasteiger partial charge in [-0.15, -0.1) is 0 Å². The lowest BCUT2D eigenvalue weighted by atomic mass is 10.1. The van der Waals surface area contributed by atoms with Crippen LogP contribution in [0.2, 0.25) is 0 Å². The first-order valence-electron chi connectivity index (χ1n) is 8.08. The van der Waals surface area contributed by atoms with Crippen molar-refractivity contribution in [3.63, 3.8) is 0 Å². The third kappa shape index (κ3) is 3.47. The number of piperidine rings is 1. The average Bonchev–Trinajstić information content (AvgIpc) is 2.55. The van der Waals surface area contributed by atoms with E-state index in [1.165, 1.54) is 0 Å². The van der Waals surface area contributed by atoms with Gasteiger partial charge in [0, 0.05) is 19.5 Å². The summed E-state index contributed by atoms with van der Waals surface area (Å²) >= 11 is 0. The zero-order valence-electron chi connectivity index (χ0n) is 13.6. The highest BCUT2D eigenvalue weighted by atomic mass is 16.3. The summed E-state index contributed by atoms with van der Waals surface area (Å²) in [6.45, 7) is 3.20. The second-order valence-electron chi connectivity index (χ2n) is 6.21. The molecule has 0 amide bonds. The van der Waals surface area contributed by atoms with E-state index >= 15 is 0 Å². The van der Waals surface area contributed by atoms with E-state index in [0.717, 1.165) is 11.1 Å². The highest BCUT2D eigenvalue weighted by molar-refractivity contribution is 5.53. The number of benzene rings is 1. The van der Waals surface area contributed by atoms with Crippen molar-refractivity contribution >= 4 is 5.82 Å². The standard InChI is InChI=1S/C18H20N4O2/c1-12-3-2-4-13(9-12)10-16-20-17(15(11-19)18(24)21-16)22-7-5-14(23)6-8-22/h2-4,9,14,23H,5-8,10H2,1H3,(H,20,21,24). The molecule has 6 nitrogen and oxygen atoms in total. The number of anilines is 1. The van der Waals surface area contributed by atoms with E-state index in [1.54, 1.807) is 0 Å². The van der Waals surface area contributed by atoms with Gasteiger partial charge in [-0.05, 0) is 25.3 Å². The Balaban J connectivity index is 1.94. The molecule has 3 rings (SSSR count). The van der Waals surface area contributed by atoms with Gasteiger partial charge in [-0.3, -0.25) is 4.79 Å². The Kier molecular flexibility index (Phi) is 4.63. The summed E-state index contributed by atoms with van der Waals surface area (Å²) in [6, 6.07) is 9.99. The molecule has 1 aromatic carbocycles. The van der Waals surface area contributed by atoms with Gasteiger partial charge in [0.1, 0.15) is 11.9 Å². The van der Waals surface area contributed by atoms with Crippen LogP contribution in [0.15, 0.2) is 29.1 Å². The van der Waals surface area contributed by atoms with Crippen molar-refractivity contribution in [2.24, 2.45) is 0 Å². The number of aromatic nitrogens is 2. The Morgan fingerprint density at radius 2 is 2.17 bits per heavy atom. The van der Waals surface area contributed by atoms with Crippen molar-refractivity contribution < 1.29 is 5.11 Å². The van der Waals surface area contributed by atoms with Crippen LogP contribution in [0.5, 0.6) is 0 Å². The molecule has 0 unspecified atom stereocenters. The van der Waals surface area contributed by atoms with Gasteiger partial charge >= 0.3 is 0 Å². The van der Waals surface area contributed by atoms with Gasteiger partial charge in [0.25, 0.3) is 5.56 Å². The van der Waals surface area contributed by atoms with Crippen molar-refractivity contribution in [3.8, 4) is 6.07 Å². The van der Waals surface area contributed by atoms with Crippen LogP contribution in [0, 0.1) is 18.3 Å². The molecule has 1 fully saturated rings. The summed E-state index contributed by atoms with van der Waals surface area (Å²) in [6.07, 6.45) is 1.42. The second-order valence-corrected chi connectivity index (χ2v) is 6.21. The van der Waals surface area contributed by atoms with E-state index < -0.39 is 5.56 Å². The highest BCUT2D eigenvalue weighted by Gasteiger charge is 2.23. The summed E-state index contributed by atoms with van der Waals surface area (Å²) < 4.78 is 0. The van der Waals surface area contributed by atoms with Crippen LogP contribution >= 0.6 is 0 Å². The first kappa shape index (κ1) is 16.2. The third-order valence-electron chi connectivity index (χ3n) is 4.28. The lowest BCUT2D eigenvalue weighted by Crippen LogP contribution is -2.38. The molecule has 0 atom stereocenters. The third-order valence-corrected chi connectivity index (χ3v) is 4.28. The Bertz CT molecular complexity index is 830. The second kappa shape index (κ2) is 6.85. The number of rotatable bonds is 3. The Morgan fingerprint density at radius 3 is 2.83 bits per heavy atom. The van der Waals surface area contributed by atoms with Gasteiger partial charge in [0.2, 0.25) is 0 Å². The fourth-order valence-corrected chi connectivity index (χ4v) is 3.01. The normalized spacial score (nSPS) is 15.3. The maximum absolute atomic E-state index is 12.3. The van der Waals surface area contributed by atoms with Gasteiger partial charge in [-0.25, -0.2) is 4.98 Å². The first-order chi connectivity index (χ1) is 11.6. The Hall–Kier alpha value is -2.65. The van der Waals surface area contributed by atoms with Gasteiger partial charge < -0.3 is 15.0 Å². The largest absolute Gasteiger partial charge is 0.393 e. The smallest absolute Gasteiger partial charge is 0.271 e. The predicted molar refractivity (Wildman–Crippen MR) is 91.0 cm³/mol. The Morgan fingerprint density at radius 1 is 1.42 bits per heavy atom. The minimum atomic E-state index is -0.406. The zero-order valence-corrected chi connectivity index (χ0v) is 13.6. The summed E-state index contributed by atoms with van der Waals surface area (Å²) in [7, 11) is 0. The predicted octanol–water partition coefficient (Wildman–Crippen LogP) is 1.50. The number of aryl methyl sites for hydroxylation is 1. The number of nitriles is 1. The van der Waals surface area contributed by atoms with Gasteiger partial charge in [0.05, 0.1) is 6.10 Å². The lowest BCUT2D eigenvalue weighted by molar-refractivity contribution is 0.145. The van der Waals surface area contributed by atoms with Crippen molar-refractivity contribution in [1.82, 2.24) is 9.97 Å². The maximum atomic E-state index is 12.3. The molecule has 1 aliphatic rings. The SMILES string of the molecule is Cc1cccc(Cc2nc(N3CCC(O)CC3)c(C#N)c(=O)[nH]2)c1. The number of aliphatic hydroxyl groups excluding tert-OH is 1. The van der Waals surface area contributed by atoms with Crippen molar-refractivity contribution in [1.29, 1.82) is 5.26 Å². The molecule has 2 N–H and O–H groups in total. The molecule has 1 aliphatic heterocycles. The summed E-state index contributed by atoms with van der Waals surface area (Å²) in [5.74, 6) is 0.974. The van der Waals surface area contributed by atoms with Gasteiger partial charge in [-0.2, -0.15) is 5.26 Å².